The summed E-state index contributed by atoms with van der Waals surface area (Å²) in [4.78, 5) is 39.2. The average Bonchev–Trinajstić information content (AvgIpc) is 3.54. The summed E-state index contributed by atoms with van der Waals surface area (Å²) in [6.07, 6.45) is 0.494. The zero-order valence-electron chi connectivity index (χ0n) is 20.3. The number of hydrogen-bond acceptors (Lipinski definition) is 8. The number of aromatic nitrogens is 4. The van der Waals surface area contributed by atoms with E-state index >= 15 is 0 Å². The average molecular weight is 549 g/mol. The number of halogens is 3. The van der Waals surface area contributed by atoms with Gasteiger partial charge in [0.05, 0.1) is 24.0 Å². The van der Waals surface area contributed by atoms with E-state index in [0.717, 1.165) is 33.5 Å². The van der Waals surface area contributed by atoms with Gasteiger partial charge in [-0.25, -0.2) is 19.7 Å². The van der Waals surface area contributed by atoms with Gasteiger partial charge in [0.2, 0.25) is 0 Å². The van der Waals surface area contributed by atoms with E-state index < -0.39 is 12.1 Å². The molecule has 14 heteroatoms. The van der Waals surface area contributed by atoms with Crippen molar-refractivity contribution < 1.29 is 32.6 Å². The number of methoxy groups -OCH3 is 1. The quantitative estimate of drug-likeness (QED) is 0.410. The predicted octanol–water partition coefficient (Wildman–Crippen LogP) is 3.77. The van der Waals surface area contributed by atoms with Crippen LogP contribution in [0.3, 0.4) is 0 Å². The zero-order chi connectivity index (χ0) is 27.4. The van der Waals surface area contributed by atoms with Crippen molar-refractivity contribution in [3.8, 4) is 17.0 Å². The van der Waals surface area contributed by atoms with Gasteiger partial charge in [0, 0.05) is 49.5 Å². The summed E-state index contributed by atoms with van der Waals surface area (Å²) in [5.74, 6) is -1.13. The van der Waals surface area contributed by atoms with E-state index in [9.17, 15) is 18.0 Å². The van der Waals surface area contributed by atoms with Crippen molar-refractivity contribution in [2.45, 2.75) is 13.1 Å². The summed E-state index contributed by atoms with van der Waals surface area (Å²) in [5.41, 5.74) is 3.34. The van der Waals surface area contributed by atoms with E-state index in [1.54, 1.807) is 13.3 Å². The first-order valence-corrected chi connectivity index (χ1v) is 12.2. The molecule has 3 aromatic heterocycles. The second-order valence-electron chi connectivity index (χ2n) is 8.15. The van der Waals surface area contributed by atoms with E-state index in [1.165, 1.54) is 11.3 Å². The van der Waals surface area contributed by atoms with Crippen LogP contribution in [0.1, 0.15) is 15.5 Å². The third-order valence-electron chi connectivity index (χ3n) is 5.72. The number of piperazine rings is 1. The van der Waals surface area contributed by atoms with Gasteiger partial charge in [-0.3, -0.25) is 9.20 Å². The summed E-state index contributed by atoms with van der Waals surface area (Å²) in [5, 5.41) is 9.86. The van der Waals surface area contributed by atoms with Crippen LogP contribution in [-0.2, 0) is 4.79 Å². The highest BCUT2D eigenvalue weighted by Gasteiger charge is 2.38. The minimum absolute atomic E-state index is 0.00344. The Kier molecular flexibility index (Phi) is 7.80. The highest BCUT2D eigenvalue weighted by atomic mass is 32.1. The molecular formula is C24H23F3N6O4S. The fraction of sp³-hybridized carbons (Fsp3) is 0.292. The lowest BCUT2D eigenvalue weighted by atomic mass is 10.1. The number of anilines is 1. The number of fused-ring (bicyclic) bond motifs is 1. The molecule has 5 rings (SSSR count). The van der Waals surface area contributed by atoms with Crippen LogP contribution in [0.2, 0.25) is 0 Å². The Morgan fingerprint density at radius 3 is 2.45 bits per heavy atom. The molecule has 1 fully saturated rings. The number of imidazole rings is 1. The molecule has 10 nitrogen and oxygen atoms in total. The molecule has 0 radical (unpaired) electrons. The molecule has 1 saturated heterocycles. The van der Waals surface area contributed by atoms with Crippen LogP contribution < -0.4 is 9.64 Å². The second-order valence-corrected chi connectivity index (χ2v) is 9.22. The van der Waals surface area contributed by atoms with Crippen LogP contribution in [0.4, 0.5) is 19.0 Å². The molecule has 4 heterocycles. The standard InChI is InChI=1S/C22H22N6O2S.C2HF3O2/c1-15-25-18(14-31-15)22(29)27-10-8-26(9-11-27)20-21-24-13-19(28(21)7-6-23-20)16-4-3-5-17(12-16)30-2;3-2(4,5)1(6)7/h3-7,12-14H,8-11H2,1-2H3;(H,6,7). The summed E-state index contributed by atoms with van der Waals surface area (Å²) >= 11 is 1.50. The number of carboxylic acids is 1. The number of amides is 1. The number of ether oxygens (including phenoxy) is 1. The monoisotopic (exact) mass is 548 g/mol. The normalized spacial score (nSPS) is 13.7. The van der Waals surface area contributed by atoms with E-state index in [0.29, 0.717) is 31.9 Å². The van der Waals surface area contributed by atoms with E-state index in [-0.39, 0.29) is 5.91 Å². The first-order chi connectivity index (χ1) is 18.1. The third-order valence-corrected chi connectivity index (χ3v) is 6.50. The molecule has 1 aromatic carbocycles. The molecule has 0 atom stereocenters. The zero-order valence-corrected chi connectivity index (χ0v) is 21.2. The van der Waals surface area contributed by atoms with Gasteiger partial charge < -0.3 is 19.6 Å². The van der Waals surface area contributed by atoms with Crippen molar-refractivity contribution >= 4 is 34.7 Å². The largest absolute Gasteiger partial charge is 0.497 e. The number of alkyl halides is 3. The van der Waals surface area contributed by atoms with Crippen molar-refractivity contribution in [3.05, 3.63) is 58.9 Å². The molecule has 4 aromatic rings. The molecule has 0 spiro atoms. The SMILES string of the molecule is COc1cccc(-c2cnc3c(N4CCN(C(=O)c5csc(C)n5)CC4)nccn23)c1.O=C(O)C(F)(F)F. The maximum atomic E-state index is 12.7. The number of rotatable bonds is 4. The Morgan fingerprint density at radius 2 is 1.84 bits per heavy atom. The van der Waals surface area contributed by atoms with Gasteiger partial charge in [-0.1, -0.05) is 12.1 Å². The van der Waals surface area contributed by atoms with Crippen LogP contribution in [0, 0.1) is 6.92 Å². The Balaban J connectivity index is 0.000000426. The molecule has 0 aliphatic carbocycles. The number of carbonyl (C=O) groups excluding carboxylic acids is 1. The summed E-state index contributed by atoms with van der Waals surface area (Å²) in [7, 11) is 1.66. The number of carbonyl (C=O) groups is 2. The number of hydrogen-bond donors (Lipinski definition) is 1. The molecular weight excluding hydrogens is 525 g/mol. The fourth-order valence-electron chi connectivity index (χ4n) is 3.87. The van der Waals surface area contributed by atoms with Gasteiger partial charge in [-0.15, -0.1) is 11.3 Å². The Labute approximate surface area is 218 Å². The maximum absolute atomic E-state index is 12.7. The van der Waals surface area contributed by atoms with Crippen molar-refractivity contribution in [3.63, 3.8) is 0 Å². The van der Waals surface area contributed by atoms with Gasteiger partial charge in [0.25, 0.3) is 5.91 Å². The summed E-state index contributed by atoms with van der Waals surface area (Å²) < 4.78 is 39.1. The lowest BCUT2D eigenvalue weighted by Gasteiger charge is -2.35. The first-order valence-electron chi connectivity index (χ1n) is 11.3. The predicted molar refractivity (Wildman–Crippen MR) is 134 cm³/mol. The molecule has 0 bridgehead atoms. The highest BCUT2D eigenvalue weighted by Crippen LogP contribution is 2.28. The van der Waals surface area contributed by atoms with Crippen molar-refractivity contribution in [2.24, 2.45) is 0 Å². The van der Waals surface area contributed by atoms with Crippen LogP contribution in [0.15, 0.2) is 48.2 Å². The fourth-order valence-corrected chi connectivity index (χ4v) is 4.46. The minimum Gasteiger partial charge on any atom is -0.497 e. The lowest BCUT2D eigenvalue weighted by Crippen LogP contribution is -2.49. The minimum atomic E-state index is -5.08. The molecule has 1 amide bonds. The van der Waals surface area contributed by atoms with Crippen LogP contribution in [0.5, 0.6) is 5.75 Å². The van der Waals surface area contributed by atoms with Crippen LogP contribution in [-0.4, -0.2) is 80.7 Å². The number of thiazole rings is 1. The smallest absolute Gasteiger partial charge is 0.490 e. The lowest BCUT2D eigenvalue weighted by molar-refractivity contribution is -0.192. The van der Waals surface area contributed by atoms with Crippen LogP contribution in [0.25, 0.3) is 16.9 Å². The molecule has 1 aliphatic heterocycles. The Morgan fingerprint density at radius 1 is 1.13 bits per heavy atom. The number of aliphatic carboxylic acids is 1. The Bertz CT molecular complexity index is 1450. The number of benzene rings is 1. The molecule has 0 unspecified atom stereocenters. The first kappa shape index (κ1) is 26.9. The molecule has 38 heavy (non-hydrogen) atoms. The third kappa shape index (κ3) is 5.85. The number of aryl methyl sites for hydroxylation is 1. The molecule has 1 N–H and O–H groups in total. The van der Waals surface area contributed by atoms with Crippen LogP contribution >= 0.6 is 11.3 Å². The van der Waals surface area contributed by atoms with Crippen molar-refractivity contribution in [2.75, 3.05) is 38.2 Å². The molecule has 200 valence electrons. The number of carboxylic acid groups (broad SMARTS) is 1. The Hall–Kier alpha value is -4.20. The highest BCUT2D eigenvalue weighted by molar-refractivity contribution is 7.09. The van der Waals surface area contributed by atoms with Gasteiger partial charge in [-0.05, 0) is 19.1 Å². The van der Waals surface area contributed by atoms with E-state index in [2.05, 4.69) is 19.9 Å². The molecule has 0 saturated carbocycles. The maximum Gasteiger partial charge on any atom is 0.490 e. The molecule has 1 aliphatic rings. The van der Waals surface area contributed by atoms with Gasteiger partial charge in [-0.2, -0.15) is 13.2 Å². The van der Waals surface area contributed by atoms with Crippen molar-refractivity contribution in [1.29, 1.82) is 0 Å². The topological polar surface area (TPSA) is 113 Å². The summed E-state index contributed by atoms with van der Waals surface area (Å²) in [6.45, 7) is 4.56. The van der Waals surface area contributed by atoms with Gasteiger partial charge in [0.1, 0.15) is 11.4 Å². The van der Waals surface area contributed by atoms with Gasteiger partial charge >= 0.3 is 12.1 Å². The van der Waals surface area contributed by atoms with E-state index in [4.69, 9.17) is 14.6 Å². The van der Waals surface area contributed by atoms with Gasteiger partial charge in [0.15, 0.2) is 11.5 Å². The summed E-state index contributed by atoms with van der Waals surface area (Å²) in [6, 6.07) is 7.92. The van der Waals surface area contributed by atoms with E-state index in [1.807, 2.05) is 58.3 Å². The second kappa shape index (κ2) is 11.0. The van der Waals surface area contributed by atoms with Crippen molar-refractivity contribution in [1.82, 2.24) is 24.3 Å². The number of nitrogens with zero attached hydrogens (tertiary/aromatic N) is 6.